The van der Waals surface area contributed by atoms with E-state index in [4.69, 9.17) is 4.74 Å². The third-order valence-electron chi connectivity index (χ3n) is 1.96. The molecule has 0 saturated carbocycles. The molecule has 2 nitrogen and oxygen atoms in total. The SMILES string of the molecule is Cc1cc(C)cc(OC(C)CC=O)c1. The van der Waals surface area contributed by atoms with Gasteiger partial charge in [-0.2, -0.15) is 0 Å². The Morgan fingerprint density at radius 2 is 1.86 bits per heavy atom. The van der Waals surface area contributed by atoms with E-state index < -0.39 is 0 Å². The fourth-order valence-corrected chi connectivity index (χ4v) is 1.42. The second-order valence-corrected chi connectivity index (χ2v) is 3.65. The molecule has 0 N–H and O–H groups in total. The third kappa shape index (κ3) is 3.21. The van der Waals surface area contributed by atoms with Crippen molar-refractivity contribution in [2.24, 2.45) is 0 Å². The van der Waals surface area contributed by atoms with Gasteiger partial charge >= 0.3 is 0 Å². The summed E-state index contributed by atoms with van der Waals surface area (Å²) in [5, 5.41) is 0. The lowest BCUT2D eigenvalue weighted by atomic mass is 10.1. The van der Waals surface area contributed by atoms with Gasteiger partial charge in [-0.1, -0.05) is 6.07 Å². The summed E-state index contributed by atoms with van der Waals surface area (Å²) >= 11 is 0. The Morgan fingerprint density at radius 1 is 1.29 bits per heavy atom. The largest absolute Gasteiger partial charge is 0.490 e. The smallest absolute Gasteiger partial charge is 0.123 e. The van der Waals surface area contributed by atoms with Crippen molar-refractivity contribution in [2.75, 3.05) is 0 Å². The van der Waals surface area contributed by atoms with Crippen molar-refractivity contribution < 1.29 is 9.53 Å². The standard InChI is InChI=1S/C12H16O2/c1-9-6-10(2)8-12(7-9)14-11(3)4-5-13/h5-8,11H,4H2,1-3H3. The number of carbonyl (C=O) groups is 1. The summed E-state index contributed by atoms with van der Waals surface area (Å²) in [6.45, 7) is 5.96. The summed E-state index contributed by atoms with van der Waals surface area (Å²) in [6.07, 6.45) is 1.27. The monoisotopic (exact) mass is 192 g/mol. The average Bonchev–Trinajstić information content (AvgIpc) is 2.01. The van der Waals surface area contributed by atoms with Crippen LogP contribution in [0.4, 0.5) is 0 Å². The lowest BCUT2D eigenvalue weighted by Crippen LogP contribution is -2.12. The van der Waals surface area contributed by atoms with Crippen LogP contribution in [0.15, 0.2) is 18.2 Å². The molecule has 0 heterocycles. The average molecular weight is 192 g/mol. The molecule has 14 heavy (non-hydrogen) atoms. The summed E-state index contributed by atoms with van der Waals surface area (Å²) in [5.74, 6) is 0.844. The first-order valence-electron chi connectivity index (χ1n) is 4.80. The van der Waals surface area contributed by atoms with E-state index in [0.29, 0.717) is 6.42 Å². The van der Waals surface area contributed by atoms with Crippen molar-refractivity contribution >= 4 is 6.29 Å². The Labute approximate surface area is 84.9 Å². The van der Waals surface area contributed by atoms with Gasteiger partial charge < -0.3 is 9.53 Å². The van der Waals surface area contributed by atoms with E-state index in [-0.39, 0.29) is 6.10 Å². The summed E-state index contributed by atoms with van der Waals surface area (Å²) in [6, 6.07) is 6.06. The highest BCUT2D eigenvalue weighted by Crippen LogP contribution is 2.17. The van der Waals surface area contributed by atoms with Crippen molar-refractivity contribution in [2.45, 2.75) is 33.3 Å². The normalized spacial score (nSPS) is 12.2. The van der Waals surface area contributed by atoms with Crippen molar-refractivity contribution in [1.82, 2.24) is 0 Å². The Bertz CT molecular complexity index is 298. The molecule has 1 rings (SSSR count). The van der Waals surface area contributed by atoms with Crippen LogP contribution >= 0.6 is 0 Å². The zero-order chi connectivity index (χ0) is 10.6. The Morgan fingerprint density at radius 3 is 2.36 bits per heavy atom. The maximum Gasteiger partial charge on any atom is 0.123 e. The van der Waals surface area contributed by atoms with Crippen LogP contribution in [-0.4, -0.2) is 12.4 Å². The van der Waals surface area contributed by atoms with Crippen LogP contribution in [0, 0.1) is 13.8 Å². The first-order chi connectivity index (χ1) is 6.61. The fraction of sp³-hybridized carbons (Fsp3) is 0.417. The summed E-state index contributed by atoms with van der Waals surface area (Å²) in [7, 11) is 0. The van der Waals surface area contributed by atoms with Crippen molar-refractivity contribution in [1.29, 1.82) is 0 Å². The molecule has 0 fully saturated rings. The number of rotatable bonds is 4. The molecule has 0 aliphatic heterocycles. The van der Waals surface area contributed by atoms with E-state index in [1.54, 1.807) is 0 Å². The maximum absolute atomic E-state index is 10.3. The number of ether oxygens (including phenoxy) is 1. The van der Waals surface area contributed by atoms with Crippen molar-refractivity contribution in [3.05, 3.63) is 29.3 Å². The molecule has 0 amide bonds. The van der Waals surface area contributed by atoms with Crippen LogP contribution in [0.5, 0.6) is 5.75 Å². The lowest BCUT2D eigenvalue weighted by molar-refractivity contribution is -0.109. The van der Waals surface area contributed by atoms with E-state index in [1.165, 1.54) is 11.1 Å². The van der Waals surface area contributed by atoms with Gasteiger partial charge in [0.15, 0.2) is 0 Å². The molecule has 0 bridgehead atoms. The van der Waals surface area contributed by atoms with Crippen LogP contribution in [0.2, 0.25) is 0 Å². The van der Waals surface area contributed by atoms with Gasteiger partial charge in [-0.05, 0) is 44.0 Å². The Kier molecular flexibility index (Phi) is 3.69. The van der Waals surface area contributed by atoms with Crippen molar-refractivity contribution in [3.8, 4) is 5.75 Å². The quantitative estimate of drug-likeness (QED) is 0.685. The number of hydrogen-bond donors (Lipinski definition) is 0. The zero-order valence-corrected chi connectivity index (χ0v) is 8.91. The van der Waals surface area contributed by atoms with Crippen LogP contribution < -0.4 is 4.74 Å². The molecule has 1 aromatic rings. The number of aldehydes is 1. The predicted octanol–water partition coefficient (Wildman–Crippen LogP) is 2.66. The zero-order valence-electron chi connectivity index (χ0n) is 8.91. The second-order valence-electron chi connectivity index (χ2n) is 3.65. The van der Waals surface area contributed by atoms with Crippen LogP contribution in [0.1, 0.15) is 24.5 Å². The maximum atomic E-state index is 10.3. The van der Waals surface area contributed by atoms with E-state index >= 15 is 0 Å². The van der Waals surface area contributed by atoms with Crippen molar-refractivity contribution in [3.63, 3.8) is 0 Å². The van der Waals surface area contributed by atoms with E-state index in [0.717, 1.165) is 12.0 Å². The molecular weight excluding hydrogens is 176 g/mol. The highest BCUT2D eigenvalue weighted by molar-refractivity contribution is 5.50. The van der Waals surface area contributed by atoms with Gasteiger partial charge in [0.2, 0.25) is 0 Å². The van der Waals surface area contributed by atoms with Crippen LogP contribution in [0.25, 0.3) is 0 Å². The van der Waals surface area contributed by atoms with Gasteiger partial charge in [-0.15, -0.1) is 0 Å². The minimum atomic E-state index is -0.0475. The summed E-state index contributed by atoms with van der Waals surface area (Å²) in [4.78, 5) is 10.3. The minimum Gasteiger partial charge on any atom is -0.490 e. The van der Waals surface area contributed by atoms with Gasteiger partial charge in [0.1, 0.15) is 18.1 Å². The van der Waals surface area contributed by atoms with E-state index in [2.05, 4.69) is 6.07 Å². The topological polar surface area (TPSA) is 26.3 Å². The number of aryl methyl sites for hydroxylation is 2. The first kappa shape index (κ1) is 10.8. The van der Waals surface area contributed by atoms with Gasteiger partial charge in [-0.3, -0.25) is 0 Å². The van der Waals surface area contributed by atoms with Gasteiger partial charge in [0, 0.05) is 6.42 Å². The highest BCUT2D eigenvalue weighted by atomic mass is 16.5. The summed E-state index contributed by atoms with van der Waals surface area (Å²) < 4.78 is 5.59. The Hall–Kier alpha value is -1.31. The molecule has 0 aromatic heterocycles. The molecule has 0 aliphatic rings. The molecule has 0 radical (unpaired) electrons. The molecule has 0 spiro atoms. The van der Waals surface area contributed by atoms with Gasteiger partial charge in [0.05, 0.1) is 0 Å². The van der Waals surface area contributed by atoms with Crippen LogP contribution in [-0.2, 0) is 4.79 Å². The lowest BCUT2D eigenvalue weighted by Gasteiger charge is -2.13. The summed E-state index contributed by atoms with van der Waals surface area (Å²) in [5.41, 5.74) is 2.36. The van der Waals surface area contributed by atoms with Gasteiger partial charge in [0.25, 0.3) is 0 Å². The molecule has 0 saturated heterocycles. The van der Waals surface area contributed by atoms with E-state index in [1.807, 2.05) is 32.9 Å². The molecule has 2 heteroatoms. The predicted molar refractivity (Wildman–Crippen MR) is 56.7 cm³/mol. The minimum absolute atomic E-state index is 0.0475. The molecule has 1 unspecified atom stereocenters. The fourth-order valence-electron chi connectivity index (χ4n) is 1.42. The highest BCUT2D eigenvalue weighted by Gasteiger charge is 2.03. The third-order valence-corrected chi connectivity index (χ3v) is 1.96. The molecular formula is C12H16O2. The number of hydrogen-bond acceptors (Lipinski definition) is 2. The second kappa shape index (κ2) is 4.80. The number of benzene rings is 1. The molecule has 1 atom stereocenters. The van der Waals surface area contributed by atoms with Crippen LogP contribution in [0.3, 0.4) is 0 Å². The number of carbonyl (C=O) groups excluding carboxylic acids is 1. The van der Waals surface area contributed by atoms with Gasteiger partial charge in [-0.25, -0.2) is 0 Å². The molecule has 76 valence electrons. The van der Waals surface area contributed by atoms with E-state index in [9.17, 15) is 4.79 Å². The first-order valence-corrected chi connectivity index (χ1v) is 4.80. The Balaban J connectivity index is 2.71. The molecule has 1 aromatic carbocycles. The molecule has 0 aliphatic carbocycles.